The Labute approximate surface area is 122 Å². The van der Waals surface area contributed by atoms with Crippen molar-refractivity contribution >= 4 is 0 Å². The highest BCUT2D eigenvalue weighted by molar-refractivity contribution is 5.05. The number of nitrogens with zero attached hydrogens (tertiary/aromatic N) is 2. The van der Waals surface area contributed by atoms with Crippen molar-refractivity contribution in [2.24, 2.45) is 5.92 Å². The Morgan fingerprint density at radius 2 is 2.30 bits per heavy atom. The van der Waals surface area contributed by atoms with Gasteiger partial charge in [0.1, 0.15) is 0 Å². The van der Waals surface area contributed by atoms with E-state index in [-0.39, 0.29) is 0 Å². The Morgan fingerprint density at radius 1 is 1.45 bits per heavy atom. The average molecular weight is 279 g/mol. The van der Waals surface area contributed by atoms with Crippen LogP contribution in [0, 0.1) is 5.92 Å². The van der Waals surface area contributed by atoms with Gasteiger partial charge < -0.3 is 9.84 Å². The summed E-state index contributed by atoms with van der Waals surface area (Å²) in [5.41, 5.74) is 1.02. The molecule has 0 aliphatic carbocycles. The van der Waals surface area contributed by atoms with Gasteiger partial charge in [0.15, 0.2) is 5.76 Å². The van der Waals surface area contributed by atoms with E-state index in [1.54, 1.807) is 0 Å². The average Bonchev–Trinajstić information content (AvgIpc) is 2.86. The van der Waals surface area contributed by atoms with Crippen molar-refractivity contribution in [2.45, 2.75) is 65.6 Å². The first-order valence-corrected chi connectivity index (χ1v) is 8.08. The van der Waals surface area contributed by atoms with Gasteiger partial charge in [-0.1, -0.05) is 32.3 Å². The summed E-state index contributed by atoms with van der Waals surface area (Å²) in [7, 11) is 0. The summed E-state index contributed by atoms with van der Waals surface area (Å²) in [5.74, 6) is 1.67. The number of hydrogen-bond donors (Lipinski definition) is 1. The van der Waals surface area contributed by atoms with Crippen LogP contribution in [0.5, 0.6) is 0 Å². The van der Waals surface area contributed by atoms with Crippen LogP contribution in [0.1, 0.15) is 57.9 Å². The van der Waals surface area contributed by atoms with Crippen LogP contribution < -0.4 is 5.32 Å². The zero-order valence-corrected chi connectivity index (χ0v) is 13.2. The fourth-order valence-corrected chi connectivity index (χ4v) is 2.93. The molecule has 0 spiro atoms. The van der Waals surface area contributed by atoms with E-state index in [0.717, 1.165) is 37.1 Å². The van der Waals surface area contributed by atoms with Crippen LogP contribution in [0.3, 0.4) is 0 Å². The largest absolute Gasteiger partial charge is 0.360 e. The van der Waals surface area contributed by atoms with Crippen LogP contribution in [0.2, 0.25) is 0 Å². The molecular weight excluding hydrogens is 250 g/mol. The quantitative estimate of drug-likeness (QED) is 0.832. The molecule has 1 N–H and O–H groups in total. The molecule has 1 fully saturated rings. The Kier molecular flexibility index (Phi) is 6.05. The van der Waals surface area contributed by atoms with Gasteiger partial charge in [0, 0.05) is 18.7 Å². The van der Waals surface area contributed by atoms with E-state index in [4.69, 9.17) is 4.52 Å². The molecule has 4 heteroatoms. The van der Waals surface area contributed by atoms with Gasteiger partial charge >= 0.3 is 0 Å². The summed E-state index contributed by atoms with van der Waals surface area (Å²) in [6.07, 6.45) is 5.24. The molecule has 0 aromatic carbocycles. The van der Waals surface area contributed by atoms with Crippen molar-refractivity contribution in [3.05, 3.63) is 17.5 Å². The van der Waals surface area contributed by atoms with E-state index in [1.807, 2.05) is 0 Å². The zero-order valence-electron chi connectivity index (χ0n) is 13.2. The predicted molar refractivity (Wildman–Crippen MR) is 81.4 cm³/mol. The normalized spacial score (nSPS) is 20.7. The van der Waals surface area contributed by atoms with Gasteiger partial charge in [0.25, 0.3) is 0 Å². The summed E-state index contributed by atoms with van der Waals surface area (Å²) in [6, 6.07) is 2.82. The summed E-state index contributed by atoms with van der Waals surface area (Å²) in [6.45, 7) is 10.6. The van der Waals surface area contributed by atoms with Crippen molar-refractivity contribution in [3.8, 4) is 0 Å². The molecule has 20 heavy (non-hydrogen) atoms. The second-order valence-corrected chi connectivity index (χ2v) is 6.34. The molecule has 114 valence electrons. The van der Waals surface area contributed by atoms with Crippen molar-refractivity contribution in [1.29, 1.82) is 0 Å². The molecule has 0 bridgehead atoms. The first kappa shape index (κ1) is 15.5. The van der Waals surface area contributed by atoms with Crippen LogP contribution in [0.15, 0.2) is 10.6 Å². The number of likely N-dealkylation sites (tertiary alicyclic amines) is 1. The van der Waals surface area contributed by atoms with Crippen LogP contribution in [0.4, 0.5) is 0 Å². The Balaban J connectivity index is 1.82. The minimum absolute atomic E-state index is 0.667. The fourth-order valence-electron chi connectivity index (χ4n) is 2.93. The van der Waals surface area contributed by atoms with Crippen molar-refractivity contribution < 1.29 is 4.52 Å². The second-order valence-electron chi connectivity index (χ2n) is 6.34. The topological polar surface area (TPSA) is 41.3 Å². The highest BCUT2D eigenvalue weighted by Crippen LogP contribution is 2.21. The number of nitrogens with one attached hydrogen (secondary N) is 1. The van der Waals surface area contributed by atoms with Gasteiger partial charge in [-0.2, -0.15) is 0 Å². The first-order chi connectivity index (χ1) is 9.69. The summed E-state index contributed by atoms with van der Waals surface area (Å²) in [5, 5.41) is 7.57. The van der Waals surface area contributed by atoms with E-state index in [9.17, 15) is 0 Å². The van der Waals surface area contributed by atoms with Gasteiger partial charge in [-0.05, 0) is 38.3 Å². The Morgan fingerprint density at radius 3 is 3.05 bits per heavy atom. The lowest BCUT2D eigenvalue weighted by Gasteiger charge is -2.34. The van der Waals surface area contributed by atoms with E-state index in [0.29, 0.717) is 5.92 Å². The van der Waals surface area contributed by atoms with Gasteiger partial charge in [-0.25, -0.2) is 0 Å². The van der Waals surface area contributed by atoms with E-state index < -0.39 is 0 Å². The molecule has 0 saturated carbocycles. The van der Waals surface area contributed by atoms with Gasteiger partial charge in [0.05, 0.1) is 12.2 Å². The lowest BCUT2D eigenvalue weighted by atomic mass is 10.00. The van der Waals surface area contributed by atoms with Gasteiger partial charge in [-0.15, -0.1) is 0 Å². The van der Waals surface area contributed by atoms with E-state index in [1.165, 1.54) is 32.2 Å². The van der Waals surface area contributed by atoms with Crippen LogP contribution in [-0.4, -0.2) is 29.2 Å². The molecule has 1 unspecified atom stereocenters. The highest BCUT2D eigenvalue weighted by atomic mass is 16.5. The Hall–Kier alpha value is -0.870. The molecule has 1 atom stereocenters. The SMILES string of the molecule is CCC1CCCCN1Cc1cc(CNCC(C)C)no1. The number of aromatic nitrogens is 1. The van der Waals surface area contributed by atoms with E-state index in [2.05, 4.69) is 42.2 Å². The summed E-state index contributed by atoms with van der Waals surface area (Å²) in [4.78, 5) is 2.55. The standard InChI is InChI=1S/C16H29N3O/c1-4-15-7-5-6-8-19(15)12-16-9-14(18-20-16)11-17-10-13(2)3/h9,13,15,17H,4-8,10-12H2,1-3H3. The zero-order chi connectivity index (χ0) is 14.4. The lowest BCUT2D eigenvalue weighted by molar-refractivity contribution is 0.123. The molecule has 1 aromatic rings. The van der Waals surface area contributed by atoms with Crippen molar-refractivity contribution in [1.82, 2.24) is 15.4 Å². The van der Waals surface area contributed by atoms with Crippen molar-refractivity contribution in [3.63, 3.8) is 0 Å². The highest BCUT2D eigenvalue weighted by Gasteiger charge is 2.22. The molecule has 0 amide bonds. The first-order valence-electron chi connectivity index (χ1n) is 8.08. The molecule has 2 heterocycles. The Bertz CT molecular complexity index is 389. The van der Waals surface area contributed by atoms with Crippen LogP contribution in [-0.2, 0) is 13.1 Å². The maximum atomic E-state index is 5.49. The third-order valence-corrected chi connectivity index (χ3v) is 4.05. The molecule has 1 saturated heterocycles. The second kappa shape index (κ2) is 7.79. The number of hydrogen-bond acceptors (Lipinski definition) is 4. The third kappa shape index (κ3) is 4.60. The smallest absolute Gasteiger partial charge is 0.151 e. The minimum atomic E-state index is 0.667. The predicted octanol–water partition coefficient (Wildman–Crippen LogP) is 3.18. The molecule has 1 aliphatic heterocycles. The summed E-state index contributed by atoms with van der Waals surface area (Å²) >= 11 is 0. The molecule has 4 nitrogen and oxygen atoms in total. The number of rotatable bonds is 7. The molecule has 0 radical (unpaired) electrons. The fraction of sp³-hybridized carbons (Fsp3) is 0.812. The van der Waals surface area contributed by atoms with Crippen molar-refractivity contribution in [2.75, 3.05) is 13.1 Å². The molecule has 1 aliphatic rings. The van der Waals surface area contributed by atoms with E-state index >= 15 is 0 Å². The monoisotopic (exact) mass is 279 g/mol. The lowest BCUT2D eigenvalue weighted by Crippen LogP contribution is -2.38. The number of piperidine rings is 1. The summed E-state index contributed by atoms with van der Waals surface area (Å²) < 4.78 is 5.49. The maximum absolute atomic E-state index is 5.49. The molecule has 1 aromatic heterocycles. The van der Waals surface area contributed by atoms with Gasteiger partial charge in [-0.3, -0.25) is 4.90 Å². The third-order valence-electron chi connectivity index (χ3n) is 4.05. The maximum Gasteiger partial charge on any atom is 0.151 e. The molecule has 2 rings (SSSR count). The van der Waals surface area contributed by atoms with Gasteiger partial charge in [0.2, 0.25) is 0 Å². The minimum Gasteiger partial charge on any atom is -0.360 e. The molecular formula is C16H29N3O. The van der Waals surface area contributed by atoms with Crippen LogP contribution in [0.25, 0.3) is 0 Å². The van der Waals surface area contributed by atoms with Crippen LogP contribution >= 0.6 is 0 Å².